The summed E-state index contributed by atoms with van der Waals surface area (Å²) in [6.07, 6.45) is 5.71. The van der Waals surface area contributed by atoms with E-state index in [1.807, 2.05) is 24.1 Å². The first-order valence-corrected chi connectivity index (χ1v) is 17.3. The third-order valence-corrected chi connectivity index (χ3v) is 9.59. The fraction of sp³-hybridized carbons (Fsp3) is 0.281. The van der Waals surface area contributed by atoms with Crippen molar-refractivity contribution in [3.05, 3.63) is 71.6 Å². The second-order valence-electron chi connectivity index (χ2n) is 11.0. The van der Waals surface area contributed by atoms with Crippen LogP contribution in [0.3, 0.4) is 0 Å². The Bertz CT molecular complexity index is 1770. The van der Waals surface area contributed by atoms with Crippen molar-refractivity contribution in [2.75, 3.05) is 55.6 Å². The lowest BCUT2D eigenvalue weighted by atomic mass is 10.0. The molecule has 1 fully saturated rings. The van der Waals surface area contributed by atoms with Gasteiger partial charge in [0.25, 0.3) is 0 Å². The number of hydrogen-bond acceptors (Lipinski definition) is 8. The lowest BCUT2D eigenvalue weighted by Crippen LogP contribution is -2.49. The number of anilines is 5. The average Bonchev–Trinajstić information content (AvgIpc) is 3.44. The molecule has 0 aliphatic carbocycles. The molecule has 0 spiro atoms. The number of fused-ring (bicyclic) bond motifs is 1. The molecule has 43 heavy (non-hydrogen) atoms. The van der Waals surface area contributed by atoms with Gasteiger partial charge < -0.3 is 25.6 Å². The first kappa shape index (κ1) is 29.4. The Morgan fingerprint density at radius 3 is 2.65 bits per heavy atom. The molecule has 0 bridgehead atoms. The number of benzene rings is 3. The van der Waals surface area contributed by atoms with E-state index in [1.165, 1.54) is 16.1 Å². The van der Waals surface area contributed by atoms with E-state index in [2.05, 4.69) is 116 Å². The summed E-state index contributed by atoms with van der Waals surface area (Å²) < 4.78 is 8.50. The number of nitrogens with zero attached hydrogens (tertiary/aromatic N) is 5. The van der Waals surface area contributed by atoms with E-state index < -0.39 is 0 Å². The van der Waals surface area contributed by atoms with Crippen molar-refractivity contribution >= 4 is 68.8 Å². The highest BCUT2D eigenvalue weighted by molar-refractivity contribution is 9.10. The summed E-state index contributed by atoms with van der Waals surface area (Å²) in [6.45, 7) is 9.51. The normalized spacial score (nSPS) is 15.2. The predicted molar refractivity (Wildman–Crippen MR) is 184 cm³/mol. The van der Waals surface area contributed by atoms with Crippen LogP contribution < -0.4 is 30.9 Å². The monoisotopic (exact) mass is 658 g/mol. The summed E-state index contributed by atoms with van der Waals surface area (Å²) in [7, 11) is 3.25. The van der Waals surface area contributed by atoms with Crippen molar-refractivity contribution in [2.45, 2.75) is 13.0 Å². The molecular formula is C32H36BrN8OP. The van der Waals surface area contributed by atoms with E-state index in [9.17, 15) is 0 Å². The van der Waals surface area contributed by atoms with Gasteiger partial charge in [-0.25, -0.2) is 4.98 Å². The number of hydrogen-bond donors (Lipinski definition) is 3. The third-order valence-electron chi connectivity index (χ3n) is 7.63. The summed E-state index contributed by atoms with van der Waals surface area (Å²) >= 11 is 3.66. The minimum absolute atomic E-state index is 0.380. The molecule has 1 aliphatic rings. The van der Waals surface area contributed by atoms with Gasteiger partial charge in [0, 0.05) is 79.0 Å². The maximum absolute atomic E-state index is 5.90. The van der Waals surface area contributed by atoms with Gasteiger partial charge in [0.15, 0.2) is 0 Å². The largest absolute Gasteiger partial charge is 0.494 e. The Kier molecular flexibility index (Phi) is 8.52. The molecule has 0 radical (unpaired) electrons. The zero-order valence-corrected chi connectivity index (χ0v) is 27.5. The van der Waals surface area contributed by atoms with Crippen LogP contribution >= 0.6 is 23.9 Å². The average molecular weight is 660 g/mol. The first-order valence-electron chi connectivity index (χ1n) is 14.3. The molecule has 0 saturated carbocycles. The highest BCUT2D eigenvalue weighted by Crippen LogP contribution is 2.41. The maximum Gasteiger partial charge on any atom is 0.229 e. The summed E-state index contributed by atoms with van der Waals surface area (Å²) in [5.74, 6) is 1.86. The number of rotatable bonds is 8. The molecule has 6 rings (SSSR count). The van der Waals surface area contributed by atoms with Crippen molar-refractivity contribution in [2.24, 2.45) is 7.05 Å². The van der Waals surface area contributed by atoms with Gasteiger partial charge in [-0.15, -0.1) is 0 Å². The highest BCUT2D eigenvalue weighted by atomic mass is 79.9. The van der Waals surface area contributed by atoms with Crippen molar-refractivity contribution < 1.29 is 4.74 Å². The van der Waals surface area contributed by atoms with Gasteiger partial charge >= 0.3 is 0 Å². The van der Waals surface area contributed by atoms with Crippen LogP contribution in [0.5, 0.6) is 5.75 Å². The van der Waals surface area contributed by atoms with E-state index in [0.29, 0.717) is 23.6 Å². The van der Waals surface area contributed by atoms with Crippen LogP contribution in [0, 0.1) is 0 Å². The van der Waals surface area contributed by atoms with Crippen LogP contribution in [0.2, 0.25) is 0 Å². The quantitative estimate of drug-likeness (QED) is 0.164. The van der Waals surface area contributed by atoms with Gasteiger partial charge in [-0.2, -0.15) is 10.1 Å². The fourth-order valence-corrected chi connectivity index (χ4v) is 7.23. The molecule has 1 saturated heterocycles. The van der Waals surface area contributed by atoms with E-state index in [1.54, 1.807) is 13.3 Å². The van der Waals surface area contributed by atoms with Crippen LogP contribution in [0.4, 0.5) is 28.8 Å². The molecular weight excluding hydrogens is 623 g/mol. The molecule has 1 aliphatic heterocycles. The second kappa shape index (κ2) is 12.5. The Labute approximate surface area is 261 Å². The smallest absolute Gasteiger partial charge is 0.229 e. The summed E-state index contributed by atoms with van der Waals surface area (Å²) in [5.41, 5.74) is 5.04. The third kappa shape index (κ3) is 6.18. The summed E-state index contributed by atoms with van der Waals surface area (Å²) in [6, 6.07) is 17.4. The fourth-order valence-electron chi connectivity index (χ4n) is 5.64. The van der Waals surface area contributed by atoms with Crippen LogP contribution in [0.1, 0.15) is 6.92 Å². The molecule has 222 valence electrons. The van der Waals surface area contributed by atoms with E-state index in [-0.39, 0.29) is 7.92 Å². The molecule has 1 unspecified atom stereocenters. The number of aryl methyl sites for hydroxylation is 1. The Morgan fingerprint density at radius 2 is 1.91 bits per heavy atom. The molecule has 11 heteroatoms. The molecule has 2 aromatic heterocycles. The number of piperazine rings is 1. The van der Waals surface area contributed by atoms with E-state index in [0.717, 1.165) is 52.3 Å². The standard InChI is InChI=1S/C32H36BrN8OP/c1-20-18-41(13-12-34-20)28-15-29(42-3)27(14-24(28)22-16-36-40(2)19-22)38-32-35-17-25(33)31(39-32)37-26-11-10-21-8-6-7-9-23(21)30(26)43(4)5/h6-11,14-17,19-20,34H,12-13,18H2,1-5H3,(H2,35,37,38,39). The lowest BCUT2D eigenvalue weighted by molar-refractivity contribution is 0.416. The molecule has 3 N–H and O–H groups in total. The summed E-state index contributed by atoms with van der Waals surface area (Å²) in [5, 5.41) is 18.8. The molecule has 1 atom stereocenters. The van der Waals surface area contributed by atoms with Gasteiger partial charge in [-0.05, 0) is 59.1 Å². The van der Waals surface area contributed by atoms with Crippen LogP contribution in [-0.2, 0) is 7.05 Å². The highest BCUT2D eigenvalue weighted by Gasteiger charge is 2.23. The minimum Gasteiger partial charge on any atom is -0.494 e. The molecule has 5 aromatic rings. The summed E-state index contributed by atoms with van der Waals surface area (Å²) in [4.78, 5) is 11.9. The minimum atomic E-state index is -0.380. The van der Waals surface area contributed by atoms with Crippen molar-refractivity contribution in [3.63, 3.8) is 0 Å². The van der Waals surface area contributed by atoms with Crippen LogP contribution in [-0.4, -0.2) is 65.9 Å². The molecule has 0 amide bonds. The zero-order valence-electron chi connectivity index (χ0n) is 25.0. The maximum atomic E-state index is 5.90. The number of aromatic nitrogens is 4. The number of nitrogens with one attached hydrogen (secondary N) is 3. The van der Waals surface area contributed by atoms with Gasteiger partial charge in [0.1, 0.15) is 11.6 Å². The van der Waals surface area contributed by atoms with Gasteiger partial charge in [0.05, 0.1) is 23.5 Å². The predicted octanol–water partition coefficient (Wildman–Crippen LogP) is 6.45. The topological polar surface area (TPSA) is 92.2 Å². The van der Waals surface area contributed by atoms with Gasteiger partial charge in [-0.3, -0.25) is 4.68 Å². The SMILES string of the molecule is COc1cc(N2CCNC(C)C2)c(-c2cnn(C)c2)cc1Nc1ncc(Br)c(Nc2ccc3ccccc3c2P(C)C)n1. The van der Waals surface area contributed by atoms with Crippen molar-refractivity contribution in [1.29, 1.82) is 0 Å². The van der Waals surface area contributed by atoms with E-state index in [4.69, 9.17) is 9.72 Å². The van der Waals surface area contributed by atoms with E-state index >= 15 is 0 Å². The Balaban J connectivity index is 1.37. The zero-order chi connectivity index (χ0) is 30.1. The number of methoxy groups -OCH3 is 1. The number of ether oxygens (including phenoxy) is 1. The van der Waals surface area contributed by atoms with Crippen LogP contribution in [0.15, 0.2) is 71.6 Å². The van der Waals surface area contributed by atoms with Crippen molar-refractivity contribution in [3.8, 4) is 16.9 Å². The second-order valence-corrected chi connectivity index (χ2v) is 14.1. The Hall–Kier alpha value is -3.72. The van der Waals surface area contributed by atoms with Crippen LogP contribution in [0.25, 0.3) is 21.9 Å². The lowest BCUT2D eigenvalue weighted by Gasteiger charge is -2.35. The molecule has 3 aromatic carbocycles. The van der Waals surface area contributed by atoms with Crippen molar-refractivity contribution in [1.82, 2.24) is 25.1 Å². The first-order chi connectivity index (χ1) is 20.8. The van der Waals surface area contributed by atoms with Gasteiger partial charge in [0.2, 0.25) is 5.95 Å². The Morgan fingerprint density at radius 1 is 1.07 bits per heavy atom. The van der Waals surface area contributed by atoms with Gasteiger partial charge in [-0.1, -0.05) is 38.3 Å². The molecule has 9 nitrogen and oxygen atoms in total. The molecule has 3 heterocycles. The number of halogens is 1.